The van der Waals surface area contributed by atoms with Crippen molar-refractivity contribution in [2.75, 3.05) is 26.2 Å². The van der Waals surface area contributed by atoms with E-state index in [0.29, 0.717) is 18.4 Å². The Labute approximate surface area is 165 Å². The molecular formula is C20H31F3N4O. The molecule has 1 aromatic rings. The fraction of sp³-hybridized carbons (Fsp3) is 0.650. The Morgan fingerprint density at radius 1 is 1.29 bits per heavy atom. The van der Waals surface area contributed by atoms with Gasteiger partial charge >= 0.3 is 6.61 Å². The molecule has 5 nitrogen and oxygen atoms in total. The molecule has 8 heteroatoms. The topological polar surface area (TPSA) is 48.9 Å². The van der Waals surface area contributed by atoms with Crippen LogP contribution in [-0.2, 0) is 6.54 Å². The molecule has 0 bridgehead atoms. The van der Waals surface area contributed by atoms with Gasteiger partial charge in [0.1, 0.15) is 11.6 Å². The first-order chi connectivity index (χ1) is 13.4. The molecule has 1 fully saturated rings. The van der Waals surface area contributed by atoms with Crippen LogP contribution in [0.2, 0.25) is 0 Å². The molecule has 28 heavy (non-hydrogen) atoms. The lowest BCUT2D eigenvalue weighted by molar-refractivity contribution is -0.0506. The number of hydrogen-bond acceptors (Lipinski definition) is 3. The molecule has 158 valence electrons. The molecule has 1 aromatic carbocycles. The lowest BCUT2D eigenvalue weighted by Crippen LogP contribution is -2.49. The summed E-state index contributed by atoms with van der Waals surface area (Å²) >= 11 is 0. The Balaban J connectivity index is 2.00. The van der Waals surface area contributed by atoms with E-state index < -0.39 is 12.4 Å². The highest BCUT2D eigenvalue weighted by atomic mass is 19.3. The quantitative estimate of drug-likeness (QED) is 0.517. The molecule has 2 rings (SSSR count). The van der Waals surface area contributed by atoms with E-state index in [1.165, 1.54) is 18.2 Å². The first-order valence-corrected chi connectivity index (χ1v) is 9.88. The number of aliphatic imine (C=N–C) groups is 1. The van der Waals surface area contributed by atoms with Gasteiger partial charge in [0.15, 0.2) is 5.96 Å². The Bertz CT molecular complexity index is 632. The number of piperidine rings is 1. The molecule has 1 saturated heterocycles. The molecule has 1 aliphatic rings. The summed E-state index contributed by atoms with van der Waals surface area (Å²) in [5.74, 6) is 0.404. The number of nitrogens with one attached hydrogen (secondary N) is 2. The standard InChI is InChI=1S/C20H31F3N4O/c1-4-24-20(26-15-8-10-27(11-9-15)13-14(2)3)25-12-16-17(21)6-5-7-18(16)28-19(22)23/h5-7,14-15,19H,4,8-13H2,1-3H3,(H2,24,25,26). The third-order valence-corrected chi connectivity index (χ3v) is 4.58. The van der Waals surface area contributed by atoms with E-state index in [-0.39, 0.29) is 23.9 Å². The number of hydrogen-bond donors (Lipinski definition) is 2. The summed E-state index contributed by atoms with van der Waals surface area (Å²) in [6.07, 6.45) is 1.99. The Morgan fingerprint density at radius 3 is 2.61 bits per heavy atom. The molecule has 2 N–H and O–H groups in total. The molecule has 1 aliphatic heterocycles. The average Bonchev–Trinajstić information content (AvgIpc) is 2.62. The second-order valence-corrected chi connectivity index (χ2v) is 7.40. The van der Waals surface area contributed by atoms with Crippen molar-refractivity contribution in [1.29, 1.82) is 0 Å². The van der Waals surface area contributed by atoms with Crippen molar-refractivity contribution in [3.05, 3.63) is 29.6 Å². The van der Waals surface area contributed by atoms with Gasteiger partial charge in [0.25, 0.3) is 0 Å². The van der Waals surface area contributed by atoms with Crippen molar-refractivity contribution in [3.8, 4) is 5.75 Å². The molecular weight excluding hydrogens is 369 g/mol. The minimum Gasteiger partial charge on any atom is -0.434 e. The zero-order valence-corrected chi connectivity index (χ0v) is 16.9. The van der Waals surface area contributed by atoms with Crippen LogP contribution in [0.25, 0.3) is 0 Å². The fourth-order valence-electron chi connectivity index (χ4n) is 3.35. The first-order valence-electron chi connectivity index (χ1n) is 9.88. The highest BCUT2D eigenvalue weighted by Crippen LogP contribution is 2.24. The summed E-state index contributed by atoms with van der Waals surface area (Å²) < 4.78 is 43.6. The van der Waals surface area contributed by atoms with Crippen molar-refractivity contribution in [3.63, 3.8) is 0 Å². The number of alkyl halides is 2. The number of nitrogens with zero attached hydrogens (tertiary/aromatic N) is 2. The van der Waals surface area contributed by atoms with Gasteiger partial charge in [0, 0.05) is 32.2 Å². The Kier molecular flexibility index (Phi) is 8.89. The van der Waals surface area contributed by atoms with E-state index in [9.17, 15) is 13.2 Å². The average molecular weight is 400 g/mol. The zero-order valence-electron chi connectivity index (χ0n) is 16.9. The summed E-state index contributed by atoms with van der Waals surface area (Å²) in [5, 5.41) is 6.52. The molecule has 0 amide bonds. The lowest BCUT2D eigenvalue weighted by atomic mass is 10.0. The van der Waals surface area contributed by atoms with Crippen molar-refractivity contribution in [2.45, 2.75) is 52.8 Å². The summed E-state index contributed by atoms with van der Waals surface area (Å²) in [6, 6.07) is 4.16. The Hall–Kier alpha value is -1.96. The Morgan fingerprint density at radius 2 is 2.00 bits per heavy atom. The number of benzene rings is 1. The summed E-state index contributed by atoms with van der Waals surface area (Å²) in [6.45, 7) is 7.07. The van der Waals surface area contributed by atoms with Crippen molar-refractivity contribution >= 4 is 5.96 Å². The van der Waals surface area contributed by atoms with Gasteiger partial charge in [-0.1, -0.05) is 19.9 Å². The van der Waals surface area contributed by atoms with E-state index in [4.69, 9.17) is 0 Å². The van der Waals surface area contributed by atoms with Gasteiger partial charge in [0.2, 0.25) is 0 Å². The minimum absolute atomic E-state index is 0.0201. The summed E-state index contributed by atoms with van der Waals surface area (Å²) in [4.78, 5) is 6.85. The van der Waals surface area contributed by atoms with E-state index in [1.54, 1.807) is 0 Å². The second-order valence-electron chi connectivity index (χ2n) is 7.40. The van der Waals surface area contributed by atoms with Gasteiger partial charge in [-0.3, -0.25) is 0 Å². The van der Waals surface area contributed by atoms with Crippen LogP contribution in [0, 0.1) is 11.7 Å². The fourth-order valence-corrected chi connectivity index (χ4v) is 3.35. The van der Waals surface area contributed by atoms with Gasteiger partial charge < -0.3 is 20.3 Å². The molecule has 0 aromatic heterocycles. The van der Waals surface area contributed by atoms with E-state index in [0.717, 1.165) is 32.5 Å². The van der Waals surface area contributed by atoms with Crippen LogP contribution in [0.15, 0.2) is 23.2 Å². The summed E-state index contributed by atoms with van der Waals surface area (Å²) in [5.41, 5.74) is 0.0201. The summed E-state index contributed by atoms with van der Waals surface area (Å²) in [7, 11) is 0. The molecule has 1 heterocycles. The number of rotatable bonds is 8. The lowest BCUT2D eigenvalue weighted by Gasteiger charge is -2.34. The van der Waals surface area contributed by atoms with E-state index >= 15 is 0 Å². The molecule has 0 spiro atoms. The van der Waals surface area contributed by atoms with Crippen LogP contribution < -0.4 is 15.4 Å². The van der Waals surface area contributed by atoms with Gasteiger partial charge in [-0.25, -0.2) is 9.38 Å². The predicted octanol–water partition coefficient (Wildman–Crippen LogP) is 3.60. The third-order valence-electron chi connectivity index (χ3n) is 4.58. The molecule has 0 atom stereocenters. The van der Waals surface area contributed by atoms with E-state index in [2.05, 4.69) is 39.1 Å². The van der Waals surface area contributed by atoms with Gasteiger partial charge in [-0.15, -0.1) is 0 Å². The number of guanidine groups is 1. The second kappa shape index (κ2) is 11.1. The van der Waals surface area contributed by atoms with Crippen molar-refractivity contribution < 1.29 is 17.9 Å². The highest BCUT2D eigenvalue weighted by molar-refractivity contribution is 5.80. The molecule has 0 radical (unpaired) electrons. The minimum atomic E-state index is -3.01. The SMILES string of the molecule is CCNC(=NCc1c(F)cccc1OC(F)F)NC1CCN(CC(C)C)CC1. The molecule has 0 saturated carbocycles. The van der Waals surface area contributed by atoms with Gasteiger partial charge in [-0.05, 0) is 37.8 Å². The molecule has 0 aliphatic carbocycles. The maximum Gasteiger partial charge on any atom is 0.387 e. The van der Waals surface area contributed by atoms with E-state index in [1.807, 2.05) is 6.92 Å². The first kappa shape index (κ1) is 22.3. The monoisotopic (exact) mass is 400 g/mol. The normalized spacial score (nSPS) is 16.6. The third kappa shape index (κ3) is 7.22. The highest BCUT2D eigenvalue weighted by Gasteiger charge is 2.20. The van der Waals surface area contributed by atoms with Crippen molar-refractivity contribution in [1.82, 2.24) is 15.5 Å². The maximum atomic E-state index is 14.1. The van der Waals surface area contributed by atoms with Crippen molar-refractivity contribution in [2.24, 2.45) is 10.9 Å². The van der Waals surface area contributed by atoms with Crippen LogP contribution in [-0.4, -0.2) is 49.7 Å². The maximum absolute atomic E-state index is 14.1. The van der Waals surface area contributed by atoms with Crippen LogP contribution in [0.3, 0.4) is 0 Å². The smallest absolute Gasteiger partial charge is 0.387 e. The van der Waals surface area contributed by atoms with Gasteiger partial charge in [-0.2, -0.15) is 8.78 Å². The number of halogens is 3. The predicted molar refractivity (Wildman–Crippen MR) is 105 cm³/mol. The van der Waals surface area contributed by atoms with Crippen LogP contribution in [0.1, 0.15) is 39.2 Å². The largest absolute Gasteiger partial charge is 0.434 e. The van der Waals surface area contributed by atoms with Crippen LogP contribution in [0.4, 0.5) is 13.2 Å². The van der Waals surface area contributed by atoms with Crippen LogP contribution in [0.5, 0.6) is 5.75 Å². The van der Waals surface area contributed by atoms with Crippen LogP contribution >= 0.6 is 0 Å². The molecule has 0 unspecified atom stereocenters. The van der Waals surface area contributed by atoms with Gasteiger partial charge in [0.05, 0.1) is 12.1 Å². The number of ether oxygens (including phenoxy) is 1. The zero-order chi connectivity index (χ0) is 20.5. The number of likely N-dealkylation sites (tertiary alicyclic amines) is 1.